The summed E-state index contributed by atoms with van der Waals surface area (Å²) >= 11 is 0. The molecule has 0 bridgehead atoms. The largest absolute Gasteiger partial charge is 0.354 e. The monoisotopic (exact) mass is 395 g/mol. The standard InChI is InChI=1S/C22H23F2N5/c1-16-13-21(27-22(25-16)26-18-7-8-19(23)20(24)14-18)29-11-9-28(10-12-29)15-17-5-3-2-4-6-17/h2-8,13-14H,9-12,15H2,1H3,(H,25,26,27). The SMILES string of the molecule is Cc1cc(N2CCN(Cc3ccccc3)CC2)nc(Nc2ccc(F)c(F)c2)n1. The fourth-order valence-corrected chi connectivity index (χ4v) is 3.45. The van der Waals surface area contributed by atoms with Gasteiger partial charge in [-0.3, -0.25) is 4.90 Å². The van der Waals surface area contributed by atoms with Crippen LogP contribution in [0.5, 0.6) is 0 Å². The Morgan fingerprint density at radius 2 is 1.66 bits per heavy atom. The van der Waals surface area contributed by atoms with Crippen LogP contribution < -0.4 is 10.2 Å². The lowest BCUT2D eigenvalue weighted by Crippen LogP contribution is -2.46. The van der Waals surface area contributed by atoms with E-state index >= 15 is 0 Å². The first kappa shape index (κ1) is 19.3. The van der Waals surface area contributed by atoms with Gasteiger partial charge in [-0.2, -0.15) is 4.98 Å². The van der Waals surface area contributed by atoms with Crippen LogP contribution in [0.2, 0.25) is 0 Å². The molecule has 7 heteroatoms. The molecule has 0 atom stereocenters. The van der Waals surface area contributed by atoms with Gasteiger partial charge < -0.3 is 10.2 Å². The van der Waals surface area contributed by atoms with Crippen molar-refractivity contribution in [1.82, 2.24) is 14.9 Å². The second-order valence-corrected chi connectivity index (χ2v) is 7.19. The average Bonchev–Trinajstić information content (AvgIpc) is 2.72. The summed E-state index contributed by atoms with van der Waals surface area (Å²) in [5.41, 5.74) is 2.54. The summed E-state index contributed by atoms with van der Waals surface area (Å²) in [5, 5.41) is 2.97. The molecule has 1 saturated heterocycles. The highest BCUT2D eigenvalue weighted by molar-refractivity contribution is 5.56. The number of benzene rings is 2. The third-order valence-corrected chi connectivity index (χ3v) is 4.96. The zero-order chi connectivity index (χ0) is 20.2. The molecule has 150 valence electrons. The summed E-state index contributed by atoms with van der Waals surface area (Å²) in [6, 6.07) is 16.1. The number of aryl methyl sites for hydroxylation is 1. The van der Waals surface area contributed by atoms with Gasteiger partial charge in [-0.1, -0.05) is 30.3 Å². The highest BCUT2D eigenvalue weighted by atomic mass is 19.2. The van der Waals surface area contributed by atoms with E-state index in [4.69, 9.17) is 0 Å². The summed E-state index contributed by atoms with van der Waals surface area (Å²) in [4.78, 5) is 13.6. The molecule has 1 aromatic heterocycles. The Bertz CT molecular complexity index is 972. The second-order valence-electron chi connectivity index (χ2n) is 7.19. The van der Waals surface area contributed by atoms with Gasteiger partial charge in [0.2, 0.25) is 5.95 Å². The molecule has 2 heterocycles. The predicted molar refractivity (Wildman–Crippen MR) is 110 cm³/mol. The van der Waals surface area contributed by atoms with Gasteiger partial charge in [0.25, 0.3) is 0 Å². The molecule has 0 aliphatic carbocycles. The maximum atomic E-state index is 13.5. The molecule has 1 N–H and O–H groups in total. The lowest BCUT2D eigenvalue weighted by Gasteiger charge is -2.35. The maximum absolute atomic E-state index is 13.5. The van der Waals surface area contributed by atoms with Crippen LogP contribution in [0.3, 0.4) is 0 Å². The Kier molecular flexibility index (Phi) is 5.67. The normalized spacial score (nSPS) is 14.8. The molecule has 1 aliphatic heterocycles. The molecule has 0 spiro atoms. The molecule has 29 heavy (non-hydrogen) atoms. The van der Waals surface area contributed by atoms with Crippen LogP contribution in [0, 0.1) is 18.6 Å². The zero-order valence-electron chi connectivity index (χ0n) is 16.3. The zero-order valence-corrected chi connectivity index (χ0v) is 16.3. The van der Waals surface area contributed by atoms with Gasteiger partial charge in [0, 0.05) is 56.2 Å². The summed E-state index contributed by atoms with van der Waals surface area (Å²) in [6.45, 7) is 6.48. The van der Waals surface area contributed by atoms with Crippen molar-refractivity contribution in [1.29, 1.82) is 0 Å². The number of anilines is 3. The summed E-state index contributed by atoms with van der Waals surface area (Å²) in [6.07, 6.45) is 0. The predicted octanol–water partition coefficient (Wildman–Crippen LogP) is 4.13. The molecule has 1 fully saturated rings. The van der Waals surface area contributed by atoms with Crippen LogP contribution in [0.1, 0.15) is 11.3 Å². The molecule has 0 saturated carbocycles. The Labute approximate surface area is 169 Å². The number of nitrogens with one attached hydrogen (secondary N) is 1. The van der Waals surface area contributed by atoms with Crippen LogP contribution in [0.25, 0.3) is 0 Å². The van der Waals surface area contributed by atoms with Gasteiger partial charge >= 0.3 is 0 Å². The van der Waals surface area contributed by atoms with Crippen molar-refractivity contribution < 1.29 is 8.78 Å². The first-order chi connectivity index (χ1) is 14.1. The van der Waals surface area contributed by atoms with Crippen molar-refractivity contribution in [3.05, 3.63) is 77.5 Å². The van der Waals surface area contributed by atoms with Crippen molar-refractivity contribution >= 4 is 17.5 Å². The van der Waals surface area contributed by atoms with Crippen molar-refractivity contribution in [3.8, 4) is 0 Å². The molecule has 0 unspecified atom stereocenters. The molecule has 5 nitrogen and oxygen atoms in total. The molecule has 4 rings (SSSR count). The number of aromatic nitrogens is 2. The Morgan fingerprint density at radius 1 is 0.897 bits per heavy atom. The number of hydrogen-bond donors (Lipinski definition) is 1. The highest BCUT2D eigenvalue weighted by Gasteiger charge is 2.19. The fraction of sp³-hybridized carbons (Fsp3) is 0.273. The third kappa shape index (κ3) is 4.86. The quantitative estimate of drug-likeness (QED) is 0.704. The summed E-state index contributed by atoms with van der Waals surface area (Å²) < 4.78 is 26.6. The minimum Gasteiger partial charge on any atom is -0.354 e. The number of halogens is 2. The van der Waals surface area contributed by atoms with Gasteiger partial charge in [0.15, 0.2) is 11.6 Å². The van der Waals surface area contributed by atoms with Crippen LogP contribution in [-0.4, -0.2) is 41.0 Å². The van der Waals surface area contributed by atoms with Gasteiger partial charge in [-0.15, -0.1) is 0 Å². The lowest BCUT2D eigenvalue weighted by atomic mass is 10.2. The molecule has 1 aliphatic rings. The lowest BCUT2D eigenvalue weighted by molar-refractivity contribution is 0.249. The molecule has 3 aromatic rings. The topological polar surface area (TPSA) is 44.3 Å². The van der Waals surface area contributed by atoms with E-state index in [1.807, 2.05) is 19.1 Å². The molecular weight excluding hydrogens is 372 g/mol. The minimum atomic E-state index is -0.905. The molecular formula is C22H23F2N5. The number of nitrogens with zero attached hydrogens (tertiary/aromatic N) is 4. The highest BCUT2D eigenvalue weighted by Crippen LogP contribution is 2.21. The summed E-state index contributed by atoms with van der Waals surface area (Å²) in [5.74, 6) is -0.577. The van der Waals surface area contributed by atoms with Crippen LogP contribution >= 0.6 is 0 Å². The van der Waals surface area contributed by atoms with E-state index in [-0.39, 0.29) is 0 Å². The fourth-order valence-electron chi connectivity index (χ4n) is 3.45. The third-order valence-electron chi connectivity index (χ3n) is 4.96. The van der Waals surface area contributed by atoms with E-state index < -0.39 is 11.6 Å². The van der Waals surface area contributed by atoms with E-state index in [0.29, 0.717) is 11.6 Å². The first-order valence-electron chi connectivity index (χ1n) is 9.66. The van der Waals surface area contributed by atoms with E-state index in [1.54, 1.807) is 0 Å². The number of piperazine rings is 1. The van der Waals surface area contributed by atoms with Gasteiger partial charge in [-0.25, -0.2) is 13.8 Å². The van der Waals surface area contributed by atoms with E-state index in [1.165, 1.54) is 11.6 Å². The molecule has 2 aromatic carbocycles. The van der Waals surface area contributed by atoms with E-state index in [2.05, 4.69) is 49.4 Å². The summed E-state index contributed by atoms with van der Waals surface area (Å²) in [7, 11) is 0. The Hall–Kier alpha value is -3.06. The van der Waals surface area contributed by atoms with Crippen molar-refractivity contribution in [2.75, 3.05) is 36.4 Å². The van der Waals surface area contributed by atoms with E-state index in [9.17, 15) is 8.78 Å². The smallest absolute Gasteiger partial charge is 0.229 e. The maximum Gasteiger partial charge on any atom is 0.229 e. The first-order valence-corrected chi connectivity index (χ1v) is 9.66. The van der Waals surface area contributed by atoms with Crippen LogP contribution in [-0.2, 0) is 6.54 Å². The van der Waals surface area contributed by atoms with Gasteiger partial charge in [0.1, 0.15) is 5.82 Å². The number of rotatable bonds is 5. The Balaban J connectivity index is 1.42. The Morgan fingerprint density at radius 3 is 2.38 bits per heavy atom. The number of hydrogen-bond acceptors (Lipinski definition) is 5. The molecule has 0 radical (unpaired) electrons. The van der Waals surface area contributed by atoms with Crippen molar-refractivity contribution in [3.63, 3.8) is 0 Å². The van der Waals surface area contributed by atoms with Gasteiger partial charge in [-0.05, 0) is 24.6 Å². The van der Waals surface area contributed by atoms with Crippen molar-refractivity contribution in [2.45, 2.75) is 13.5 Å². The van der Waals surface area contributed by atoms with Crippen LogP contribution in [0.4, 0.5) is 26.2 Å². The molecule has 0 amide bonds. The van der Waals surface area contributed by atoms with Crippen molar-refractivity contribution in [2.24, 2.45) is 0 Å². The van der Waals surface area contributed by atoms with Crippen LogP contribution in [0.15, 0.2) is 54.6 Å². The van der Waals surface area contributed by atoms with Gasteiger partial charge in [0.05, 0.1) is 0 Å². The minimum absolute atomic E-state index is 0.373. The second kappa shape index (κ2) is 8.53. The average molecular weight is 395 g/mol. The van der Waals surface area contributed by atoms with E-state index in [0.717, 1.165) is 56.4 Å².